The van der Waals surface area contributed by atoms with E-state index in [1.54, 1.807) is 0 Å². The minimum absolute atomic E-state index is 0.0913. The average Bonchev–Trinajstić information content (AvgIpc) is 2.11. The maximum atomic E-state index is 13.7. The normalized spacial score (nSPS) is 16.9. The highest BCUT2D eigenvalue weighted by Crippen LogP contribution is 2.33. The Morgan fingerprint density at radius 2 is 1.94 bits per heavy atom. The fourth-order valence-corrected chi connectivity index (χ4v) is 4.39. The number of hydrogen-bond acceptors (Lipinski definition) is 2. The van der Waals surface area contributed by atoms with Crippen LogP contribution < -0.4 is 0 Å². The smallest absolute Gasteiger partial charge is 0.207 e. The van der Waals surface area contributed by atoms with Gasteiger partial charge in [-0.2, -0.15) is 4.31 Å². The van der Waals surface area contributed by atoms with Crippen molar-refractivity contribution < 1.29 is 17.2 Å². The van der Waals surface area contributed by atoms with E-state index < -0.39 is 26.6 Å². The molecule has 0 unspecified atom stereocenters. The lowest BCUT2D eigenvalue weighted by molar-refractivity contribution is 0.249. The van der Waals surface area contributed by atoms with Gasteiger partial charge in [0.05, 0.1) is 0 Å². The van der Waals surface area contributed by atoms with Crippen LogP contribution in [0.15, 0.2) is 21.5 Å². The largest absolute Gasteiger partial charge is 0.247 e. The first-order valence-electron chi connectivity index (χ1n) is 5.46. The van der Waals surface area contributed by atoms with Gasteiger partial charge in [0.1, 0.15) is 16.5 Å². The molecule has 3 nitrogen and oxygen atoms in total. The molecule has 18 heavy (non-hydrogen) atoms. The first-order chi connectivity index (χ1) is 8.34. The van der Waals surface area contributed by atoms with Gasteiger partial charge in [-0.05, 0) is 34.8 Å². The first kappa shape index (κ1) is 13.9. The van der Waals surface area contributed by atoms with Gasteiger partial charge in [-0.15, -0.1) is 0 Å². The van der Waals surface area contributed by atoms with Crippen LogP contribution in [-0.4, -0.2) is 25.8 Å². The third kappa shape index (κ3) is 2.31. The Morgan fingerprint density at radius 1 is 1.33 bits per heavy atom. The minimum atomic E-state index is -3.93. The van der Waals surface area contributed by atoms with Gasteiger partial charge in [0.15, 0.2) is 0 Å². The third-order valence-electron chi connectivity index (χ3n) is 3.19. The molecule has 1 aliphatic rings. The second-order valence-corrected chi connectivity index (χ2v) is 7.09. The molecular formula is C11H12BrF2NO2S. The number of sulfonamides is 1. The monoisotopic (exact) mass is 339 g/mol. The van der Waals surface area contributed by atoms with E-state index in [1.807, 2.05) is 0 Å². The summed E-state index contributed by atoms with van der Waals surface area (Å²) in [7, 11) is -2.51. The van der Waals surface area contributed by atoms with Crippen molar-refractivity contribution in [1.29, 1.82) is 0 Å². The highest BCUT2D eigenvalue weighted by Gasteiger charge is 2.34. The molecule has 0 atom stereocenters. The maximum Gasteiger partial charge on any atom is 0.247 e. The summed E-state index contributed by atoms with van der Waals surface area (Å²) in [6, 6.07) is 1.43. The third-order valence-corrected chi connectivity index (χ3v) is 6.06. The van der Waals surface area contributed by atoms with Gasteiger partial charge in [0, 0.05) is 23.6 Å². The number of nitrogens with zero attached hydrogens (tertiary/aromatic N) is 1. The van der Waals surface area contributed by atoms with Crippen LogP contribution in [0.25, 0.3) is 0 Å². The Bertz CT molecular complexity index is 549. The van der Waals surface area contributed by atoms with Crippen molar-refractivity contribution >= 4 is 26.0 Å². The molecule has 2 rings (SSSR count). The van der Waals surface area contributed by atoms with Gasteiger partial charge in [-0.25, -0.2) is 17.2 Å². The van der Waals surface area contributed by atoms with Gasteiger partial charge >= 0.3 is 0 Å². The van der Waals surface area contributed by atoms with Crippen LogP contribution in [0.1, 0.15) is 19.3 Å². The van der Waals surface area contributed by atoms with Crippen LogP contribution >= 0.6 is 15.9 Å². The molecule has 0 saturated heterocycles. The predicted octanol–water partition coefficient (Wildman–Crippen LogP) is 2.90. The fraction of sp³-hybridized carbons (Fsp3) is 0.455. The summed E-state index contributed by atoms with van der Waals surface area (Å²) >= 11 is 2.91. The van der Waals surface area contributed by atoms with Crippen molar-refractivity contribution in [2.45, 2.75) is 30.2 Å². The van der Waals surface area contributed by atoms with Gasteiger partial charge in [0.2, 0.25) is 10.0 Å². The zero-order valence-corrected chi connectivity index (χ0v) is 12.1. The Kier molecular flexibility index (Phi) is 3.75. The number of hydrogen-bond donors (Lipinski definition) is 0. The summed E-state index contributed by atoms with van der Waals surface area (Å²) in [4.78, 5) is -0.502. The Morgan fingerprint density at radius 3 is 2.39 bits per heavy atom. The van der Waals surface area contributed by atoms with Gasteiger partial charge in [-0.1, -0.05) is 6.42 Å². The average molecular weight is 340 g/mol. The highest BCUT2D eigenvalue weighted by atomic mass is 79.9. The van der Waals surface area contributed by atoms with Crippen LogP contribution in [0.3, 0.4) is 0 Å². The summed E-state index contributed by atoms with van der Waals surface area (Å²) in [6.07, 6.45) is 2.52. The van der Waals surface area contributed by atoms with E-state index in [9.17, 15) is 17.2 Å². The summed E-state index contributed by atoms with van der Waals surface area (Å²) < 4.78 is 52.2. The Labute approximate surface area is 113 Å². The van der Waals surface area contributed by atoms with Crippen molar-refractivity contribution in [2.24, 2.45) is 0 Å². The van der Waals surface area contributed by atoms with E-state index in [2.05, 4.69) is 15.9 Å². The van der Waals surface area contributed by atoms with E-state index >= 15 is 0 Å². The van der Waals surface area contributed by atoms with Gasteiger partial charge < -0.3 is 0 Å². The van der Waals surface area contributed by atoms with Crippen LogP contribution in [0.5, 0.6) is 0 Å². The molecule has 0 radical (unpaired) electrons. The maximum absolute atomic E-state index is 13.7. The van der Waals surface area contributed by atoms with E-state index in [0.29, 0.717) is 6.07 Å². The molecule has 100 valence electrons. The molecule has 0 amide bonds. The van der Waals surface area contributed by atoms with Gasteiger partial charge in [0.25, 0.3) is 0 Å². The molecule has 1 fully saturated rings. The molecule has 1 aromatic rings. The molecule has 0 N–H and O–H groups in total. The molecule has 1 aliphatic carbocycles. The SMILES string of the molecule is CN(C1CCC1)S(=O)(=O)c1c(F)cc(F)cc1Br. The van der Waals surface area contributed by atoms with Crippen molar-refractivity contribution in [1.82, 2.24) is 4.31 Å². The van der Waals surface area contributed by atoms with E-state index in [-0.39, 0.29) is 10.5 Å². The standard InChI is InChI=1S/C11H12BrF2NO2S/c1-15(8-3-2-4-8)18(16,17)11-9(12)5-7(13)6-10(11)14/h5-6,8H,2-4H2,1H3. The Balaban J connectivity index is 2.47. The molecule has 0 aliphatic heterocycles. The lowest BCUT2D eigenvalue weighted by Crippen LogP contribution is -2.41. The van der Waals surface area contributed by atoms with Crippen LogP contribution in [0, 0.1) is 11.6 Å². The van der Waals surface area contributed by atoms with Crippen LogP contribution in [0.4, 0.5) is 8.78 Å². The summed E-state index contributed by atoms with van der Waals surface area (Å²) in [6.45, 7) is 0. The van der Waals surface area contributed by atoms with Crippen LogP contribution in [-0.2, 0) is 10.0 Å². The zero-order valence-electron chi connectivity index (χ0n) is 9.66. The molecule has 0 spiro atoms. The molecule has 0 aromatic heterocycles. The predicted molar refractivity (Wildman–Crippen MR) is 66.6 cm³/mol. The molecule has 1 aromatic carbocycles. The first-order valence-corrected chi connectivity index (χ1v) is 7.70. The number of benzene rings is 1. The molecule has 1 saturated carbocycles. The topological polar surface area (TPSA) is 37.4 Å². The minimum Gasteiger partial charge on any atom is -0.207 e. The van der Waals surface area contributed by atoms with Gasteiger partial charge in [-0.3, -0.25) is 0 Å². The van der Waals surface area contributed by atoms with E-state index in [1.165, 1.54) is 7.05 Å². The Hall–Kier alpha value is -0.530. The van der Waals surface area contributed by atoms with Crippen molar-refractivity contribution in [3.63, 3.8) is 0 Å². The second-order valence-electron chi connectivity index (χ2n) is 4.30. The molecule has 0 heterocycles. The highest BCUT2D eigenvalue weighted by molar-refractivity contribution is 9.10. The van der Waals surface area contributed by atoms with Crippen molar-refractivity contribution in [3.8, 4) is 0 Å². The molecular weight excluding hydrogens is 328 g/mol. The summed E-state index contributed by atoms with van der Waals surface area (Å²) in [5.74, 6) is -1.89. The number of halogens is 3. The lowest BCUT2D eigenvalue weighted by atomic mass is 9.94. The quantitative estimate of drug-likeness (QED) is 0.849. The van der Waals surface area contributed by atoms with E-state index in [4.69, 9.17) is 0 Å². The second kappa shape index (κ2) is 4.86. The zero-order chi connectivity index (χ0) is 13.5. The lowest BCUT2D eigenvalue weighted by Gasteiger charge is -2.34. The number of rotatable bonds is 3. The summed E-state index contributed by atoms with van der Waals surface area (Å²) in [5.41, 5.74) is 0. The molecule has 7 heteroatoms. The van der Waals surface area contributed by atoms with Crippen molar-refractivity contribution in [2.75, 3.05) is 7.05 Å². The van der Waals surface area contributed by atoms with E-state index in [0.717, 1.165) is 29.6 Å². The van der Waals surface area contributed by atoms with Crippen LogP contribution in [0.2, 0.25) is 0 Å². The van der Waals surface area contributed by atoms with Crippen molar-refractivity contribution in [3.05, 3.63) is 28.2 Å². The molecule has 0 bridgehead atoms. The fourth-order valence-electron chi connectivity index (χ4n) is 1.87. The summed E-state index contributed by atoms with van der Waals surface area (Å²) in [5, 5.41) is 0.